The summed E-state index contributed by atoms with van der Waals surface area (Å²) < 4.78 is 2.56. The molecule has 0 aromatic rings. The van der Waals surface area contributed by atoms with E-state index in [1.807, 2.05) is 0 Å². The van der Waals surface area contributed by atoms with Crippen molar-refractivity contribution < 1.29 is 16.4 Å². The van der Waals surface area contributed by atoms with Gasteiger partial charge in [0.25, 0.3) is 0 Å². The zero-order valence-electron chi connectivity index (χ0n) is 16.4. The molecule has 23 heavy (non-hydrogen) atoms. The van der Waals surface area contributed by atoms with Crippen molar-refractivity contribution in [3.63, 3.8) is 0 Å². The Morgan fingerprint density at radius 1 is 0.522 bits per heavy atom. The third-order valence-corrected chi connectivity index (χ3v) is 5.37. The van der Waals surface area contributed by atoms with Crippen LogP contribution in [0.1, 0.15) is 55.4 Å². The topological polar surface area (TPSA) is 0 Å². The summed E-state index contributed by atoms with van der Waals surface area (Å²) in [5.41, 5.74) is 0. The molecule has 0 amide bonds. The molecule has 0 N–H and O–H groups in total. The van der Waals surface area contributed by atoms with E-state index in [-0.39, 0.29) is 0 Å². The number of nitrogens with zero attached hydrogens (tertiary/aromatic N) is 2. The SMILES string of the molecule is CC[N+](CC)(CC)CC.CC[N+](CC)(CC)CC.[Cl][Mn-2]([Cl])([Br])[Br]. The molecule has 0 aliphatic heterocycles. The van der Waals surface area contributed by atoms with Crippen LogP contribution >= 0.6 is 48.4 Å². The van der Waals surface area contributed by atoms with E-state index >= 15 is 0 Å². The monoisotopic (exact) mass is 543 g/mol. The van der Waals surface area contributed by atoms with Crippen molar-refractivity contribution in [3.8, 4) is 0 Å². The van der Waals surface area contributed by atoms with Crippen molar-refractivity contribution in [3.05, 3.63) is 0 Å². The Balaban J connectivity index is -0.000000273. The average molecular weight is 546 g/mol. The van der Waals surface area contributed by atoms with E-state index in [0.29, 0.717) is 0 Å². The van der Waals surface area contributed by atoms with Gasteiger partial charge in [-0.25, -0.2) is 0 Å². The zero-order valence-corrected chi connectivity index (χ0v) is 22.3. The molecule has 0 atom stereocenters. The first-order chi connectivity index (χ1) is 10.5. The molecule has 0 aliphatic carbocycles. The van der Waals surface area contributed by atoms with E-state index in [2.05, 4.69) is 83.6 Å². The molecule has 0 aromatic carbocycles. The average Bonchev–Trinajstić information content (AvgIpc) is 2.52. The van der Waals surface area contributed by atoms with Gasteiger partial charge in [0.1, 0.15) is 0 Å². The van der Waals surface area contributed by atoms with Crippen LogP contribution in [0.25, 0.3) is 0 Å². The number of quaternary nitrogens is 2. The van der Waals surface area contributed by atoms with Crippen LogP contribution in [0.5, 0.6) is 0 Å². The molecule has 7 heteroatoms. The van der Waals surface area contributed by atoms with E-state index in [4.69, 9.17) is 20.2 Å². The van der Waals surface area contributed by atoms with E-state index in [1.54, 1.807) is 0 Å². The Hall–Kier alpha value is 1.98. The van der Waals surface area contributed by atoms with Crippen LogP contribution in [0.3, 0.4) is 0 Å². The second-order valence-electron chi connectivity index (χ2n) is 5.54. The predicted molar refractivity (Wildman–Crippen MR) is 114 cm³/mol. The molecule has 0 saturated heterocycles. The van der Waals surface area contributed by atoms with Gasteiger partial charge in [-0.2, -0.15) is 0 Å². The molecule has 0 bridgehead atoms. The minimum atomic E-state index is -2.06. The van der Waals surface area contributed by atoms with Crippen molar-refractivity contribution in [1.29, 1.82) is 0 Å². The Morgan fingerprint density at radius 2 is 0.609 bits per heavy atom. The van der Waals surface area contributed by atoms with E-state index in [9.17, 15) is 0 Å². The molecular formula is C16H40Br2Cl2MnN2. The van der Waals surface area contributed by atoms with Crippen molar-refractivity contribution in [1.82, 2.24) is 0 Å². The first-order valence-electron chi connectivity index (χ1n) is 8.76. The molecule has 0 rings (SSSR count). The van der Waals surface area contributed by atoms with Crippen LogP contribution in [-0.2, 0) is 7.41 Å². The second kappa shape index (κ2) is 16.2. The van der Waals surface area contributed by atoms with Gasteiger partial charge in [0.2, 0.25) is 0 Å². The molecule has 0 radical (unpaired) electrons. The van der Waals surface area contributed by atoms with Crippen LogP contribution in [0.15, 0.2) is 0 Å². The van der Waals surface area contributed by atoms with Gasteiger partial charge in [0.05, 0.1) is 52.4 Å². The third-order valence-electron chi connectivity index (χ3n) is 5.37. The van der Waals surface area contributed by atoms with E-state index in [1.165, 1.54) is 61.3 Å². The first-order valence-corrected chi connectivity index (χ1v) is 17.8. The van der Waals surface area contributed by atoms with Gasteiger partial charge in [0, 0.05) is 0 Å². The van der Waals surface area contributed by atoms with Gasteiger partial charge in [0.15, 0.2) is 0 Å². The third kappa shape index (κ3) is 17.2. The van der Waals surface area contributed by atoms with Gasteiger partial charge in [-0.15, -0.1) is 0 Å². The maximum atomic E-state index is 5.27. The van der Waals surface area contributed by atoms with Crippen LogP contribution in [-0.4, -0.2) is 61.3 Å². The molecule has 0 aliphatic rings. The minimum absolute atomic E-state index is 1.28. The number of hydrogen-bond donors (Lipinski definition) is 0. The first kappa shape index (κ1) is 29.7. The fourth-order valence-corrected chi connectivity index (χ4v) is 2.68. The summed E-state index contributed by atoms with van der Waals surface area (Å²) in [6.45, 7) is 28.4. The molecule has 0 fully saturated rings. The molecule has 149 valence electrons. The standard InChI is InChI=1S/2C8H20N.2BrH.2ClH.Mn/c2*1-5-9(6-2,7-3)8-4;;;;;/h2*5-8H2,1-4H3;4*1H;/q2*+1;;;;;+2/p-4. The predicted octanol–water partition coefficient (Wildman–Crippen LogP) is 6.83. The summed E-state index contributed by atoms with van der Waals surface area (Å²) in [4.78, 5) is 0. The fourth-order valence-electron chi connectivity index (χ4n) is 2.68. The molecule has 2 nitrogen and oxygen atoms in total. The summed E-state index contributed by atoms with van der Waals surface area (Å²) in [5, 5.41) is 0. The van der Waals surface area contributed by atoms with Crippen LogP contribution in [0.2, 0.25) is 0 Å². The van der Waals surface area contributed by atoms with E-state index < -0.39 is 7.41 Å². The Bertz CT molecular complexity index is 196. The molecule has 0 saturated carbocycles. The second-order valence-corrected chi connectivity index (χ2v) is 27.1. The zero-order chi connectivity index (χ0) is 19.2. The normalized spacial score (nSPS) is 12.7. The Morgan fingerprint density at radius 3 is 0.609 bits per heavy atom. The summed E-state index contributed by atoms with van der Waals surface area (Å²) in [6, 6.07) is 0. The summed E-state index contributed by atoms with van der Waals surface area (Å²) >= 11 is 5.93. The maximum absolute atomic E-state index is 5.27. The summed E-state index contributed by atoms with van der Waals surface area (Å²) in [7, 11) is 8.48. The van der Waals surface area contributed by atoms with Crippen LogP contribution in [0, 0.1) is 0 Å². The Kier molecular flexibility index (Phi) is 20.9. The number of rotatable bonds is 8. The molecular weight excluding hydrogens is 506 g/mol. The van der Waals surface area contributed by atoms with Gasteiger partial charge >= 0.3 is 55.8 Å². The summed E-state index contributed by atoms with van der Waals surface area (Å²) in [5.74, 6) is 0. The van der Waals surface area contributed by atoms with Gasteiger partial charge < -0.3 is 8.97 Å². The van der Waals surface area contributed by atoms with Gasteiger partial charge in [-0.05, 0) is 55.4 Å². The molecule has 0 heterocycles. The molecule has 0 spiro atoms. The fraction of sp³-hybridized carbons (Fsp3) is 1.00. The quantitative estimate of drug-likeness (QED) is 0.231. The van der Waals surface area contributed by atoms with Crippen molar-refractivity contribution >= 4 is 48.4 Å². The van der Waals surface area contributed by atoms with Gasteiger partial charge in [-0.3, -0.25) is 0 Å². The van der Waals surface area contributed by atoms with Crippen LogP contribution < -0.4 is 0 Å². The Labute approximate surface area is 171 Å². The molecule has 0 aromatic heterocycles. The summed E-state index contributed by atoms with van der Waals surface area (Å²) in [6.07, 6.45) is 0. The number of hydrogen-bond acceptors (Lipinski definition) is 0. The van der Waals surface area contributed by atoms with Crippen molar-refractivity contribution in [2.75, 3.05) is 52.4 Å². The number of halogens is 4. The van der Waals surface area contributed by atoms with E-state index in [0.717, 1.165) is 0 Å². The van der Waals surface area contributed by atoms with Crippen molar-refractivity contribution in [2.24, 2.45) is 0 Å². The van der Waals surface area contributed by atoms with Gasteiger partial charge in [-0.1, -0.05) is 0 Å². The van der Waals surface area contributed by atoms with Crippen molar-refractivity contribution in [2.45, 2.75) is 55.4 Å². The van der Waals surface area contributed by atoms with Crippen LogP contribution in [0.4, 0.5) is 0 Å². The molecule has 0 unspecified atom stereocenters.